The van der Waals surface area contributed by atoms with Gasteiger partial charge in [0.05, 0.1) is 0 Å². The molecule has 1 aromatic rings. The van der Waals surface area contributed by atoms with Crippen LogP contribution in [0.15, 0.2) is 6.33 Å². The summed E-state index contributed by atoms with van der Waals surface area (Å²) in [6.45, 7) is 0.954. The van der Waals surface area contributed by atoms with E-state index in [0.29, 0.717) is 5.82 Å². The molecule has 0 amide bonds. The van der Waals surface area contributed by atoms with E-state index < -0.39 is 0 Å². The molecule has 1 aliphatic carbocycles. The molecule has 0 spiro atoms. The van der Waals surface area contributed by atoms with Crippen LogP contribution in [0.5, 0.6) is 0 Å². The van der Waals surface area contributed by atoms with Gasteiger partial charge in [0.25, 0.3) is 0 Å². The van der Waals surface area contributed by atoms with E-state index in [1.807, 2.05) is 4.68 Å². The van der Waals surface area contributed by atoms with Crippen LogP contribution < -0.4 is 5.73 Å². The van der Waals surface area contributed by atoms with E-state index >= 15 is 0 Å². The fraction of sp³-hybridized carbons (Fsp3) is 0.625. The second-order valence-electron chi connectivity index (χ2n) is 3.45. The highest BCUT2D eigenvalue weighted by atomic mass is 32.1. The Morgan fingerprint density at radius 1 is 1.69 bits per heavy atom. The van der Waals surface area contributed by atoms with Crippen molar-refractivity contribution in [3.63, 3.8) is 0 Å². The second kappa shape index (κ2) is 3.41. The monoisotopic (exact) mass is 196 g/mol. The summed E-state index contributed by atoms with van der Waals surface area (Å²) in [5.41, 5.74) is 5.40. The molecule has 0 bridgehead atoms. The first-order valence-electron chi connectivity index (χ1n) is 4.45. The summed E-state index contributed by atoms with van der Waals surface area (Å²) < 4.78 is 1.83. The van der Waals surface area contributed by atoms with Crippen molar-refractivity contribution in [2.24, 2.45) is 11.7 Å². The van der Waals surface area contributed by atoms with Crippen molar-refractivity contribution in [2.45, 2.75) is 25.8 Å². The van der Waals surface area contributed by atoms with Gasteiger partial charge in [-0.05, 0) is 18.8 Å². The lowest BCUT2D eigenvalue weighted by Crippen LogP contribution is -2.19. The molecule has 1 heterocycles. The first-order chi connectivity index (χ1) is 6.25. The highest BCUT2D eigenvalue weighted by molar-refractivity contribution is 7.80. The van der Waals surface area contributed by atoms with E-state index in [2.05, 4.69) is 10.1 Å². The Bertz CT molecular complexity index is 316. The number of rotatable bonds is 3. The van der Waals surface area contributed by atoms with Crippen LogP contribution in [0.3, 0.4) is 0 Å². The zero-order valence-electron chi connectivity index (χ0n) is 7.31. The lowest BCUT2D eigenvalue weighted by molar-refractivity contribution is 0.266. The molecule has 2 rings (SSSR count). The maximum absolute atomic E-state index is 5.40. The molecule has 0 saturated heterocycles. The quantitative estimate of drug-likeness (QED) is 0.723. The van der Waals surface area contributed by atoms with Gasteiger partial charge < -0.3 is 5.73 Å². The topological polar surface area (TPSA) is 56.7 Å². The van der Waals surface area contributed by atoms with E-state index in [1.165, 1.54) is 19.3 Å². The highest BCUT2D eigenvalue weighted by Crippen LogP contribution is 2.27. The third-order valence-corrected chi connectivity index (χ3v) is 2.61. The largest absolute Gasteiger partial charge is 0.387 e. The van der Waals surface area contributed by atoms with Crippen LogP contribution in [-0.2, 0) is 6.54 Å². The molecule has 1 aromatic heterocycles. The molecular formula is C8H12N4S. The molecule has 5 heteroatoms. The Labute approximate surface area is 82.1 Å². The first-order valence-corrected chi connectivity index (χ1v) is 4.86. The van der Waals surface area contributed by atoms with Gasteiger partial charge >= 0.3 is 0 Å². The fourth-order valence-corrected chi connectivity index (χ4v) is 1.53. The third kappa shape index (κ3) is 1.85. The Hall–Kier alpha value is -0.970. The minimum Gasteiger partial charge on any atom is -0.387 e. The Balaban J connectivity index is 2.00. The summed E-state index contributed by atoms with van der Waals surface area (Å²) in [6.07, 6.45) is 5.67. The van der Waals surface area contributed by atoms with E-state index in [4.69, 9.17) is 18.0 Å². The number of nitrogens with two attached hydrogens (primary N) is 1. The average molecular weight is 196 g/mol. The summed E-state index contributed by atoms with van der Waals surface area (Å²) in [5, 5.41) is 4.17. The fourth-order valence-electron chi connectivity index (χ4n) is 1.44. The van der Waals surface area contributed by atoms with Gasteiger partial charge in [0, 0.05) is 6.54 Å². The zero-order chi connectivity index (χ0) is 9.26. The van der Waals surface area contributed by atoms with Crippen LogP contribution in [0.2, 0.25) is 0 Å². The van der Waals surface area contributed by atoms with Crippen LogP contribution >= 0.6 is 12.2 Å². The Kier molecular flexibility index (Phi) is 2.26. The van der Waals surface area contributed by atoms with Crippen molar-refractivity contribution in [2.75, 3.05) is 0 Å². The van der Waals surface area contributed by atoms with Gasteiger partial charge in [0.2, 0.25) is 5.82 Å². The van der Waals surface area contributed by atoms with Gasteiger partial charge in [-0.1, -0.05) is 18.6 Å². The van der Waals surface area contributed by atoms with Gasteiger partial charge in [0.1, 0.15) is 11.3 Å². The van der Waals surface area contributed by atoms with Crippen LogP contribution in [0.1, 0.15) is 25.1 Å². The average Bonchev–Trinajstić information content (AvgIpc) is 2.44. The molecule has 1 saturated carbocycles. The van der Waals surface area contributed by atoms with Crippen molar-refractivity contribution in [3.8, 4) is 0 Å². The first kappa shape index (κ1) is 8.62. The van der Waals surface area contributed by atoms with Crippen LogP contribution in [-0.4, -0.2) is 19.8 Å². The van der Waals surface area contributed by atoms with Crippen molar-refractivity contribution in [1.29, 1.82) is 0 Å². The SMILES string of the molecule is NC(=S)c1ncn(CC2CCC2)n1. The number of nitrogens with zero attached hydrogens (tertiary/aromatic N) is 3. The normalized spacial score (nSPS) is 16.9. The Morgan fingerprint density at radius 3 is 2.92 bits per heavy atom. The summed E-state index contributed by atoms with van der Waals surface area (Å²) in [7, 11) is 0. The van der Waals surface area contributed by atoms with Crippen molar-refractivity contribution >= 4 is 17.2 Å². The minimum absolute atomic E-state index is 0.271. The summed E-state index contributed by atoms with van der Waals surface area (Å²) in [5.74, 6) is 1.26. The summed E-state index contributed by atoms with van der Waals surface area (Å²) in [6, 6.07) is 0. The highest BCUT2D eigenvalue weighted by Gasteiger charge is 2.18. The van der Waals surface area contributed by atoms with Gasteiger partial charge in [-0.3, -0.25) is 4.68 Å². The minimum atomic E-state index is 0.271. The summed E-state index contributed by atoms with van der Waals surface area (Å²) >= 11 is 4.77. The molecule has 70 valence electrons. The molecule has 0 radical (unpaired) electrons. The van der Waals surface area contributed by atoms with Crippen molar-refractivity contribution < 1.29 is 0 Å². The molecule has 0 unspecified atom stereocenters. The number of hydrogen-bond donors (Lipinski definition) is 1. The molecule has 4 nitrogen and oxygen atoms in total. The third-order valence-electron chi connectivity index (χ3n) is 2.43. The molecule has 0 aromatic carbocycles. The van der Waals surface area contributed by atoms with Crippen LogP contribution in [0.4, 0.5) is 0 Å². The Morgan fingerprint density at radius 2 is 2.46 bits per heavy atom. The van der Waals surface area contributed by atoms with E-state index in [1.54, 1.807) is 6.33 Å². The molecule has 1 aliphatic rings. The standard InChI is InChI=1S/C8H12N4S/c9-7(13)8-10-5-12(11-8)4-6-2-1-3-6/h5-6H,1-4H2,(H2,9,13). The molecular weight excluding hydrogens is 184 g/mol. The van der Waals surface area contributed by atoms with Gasteiger partial charge in [-0.2, -0.15) is 0 Å². The zero-order valence-corrected chi connectivity index (χ0v) is 8.13. The number of aromatic nitrogens is 3. The molecule has 0 aliphatic heterocycles. The van der Waals surface area contributed by atoms with Gasteiger partial charge in [0.15, 0.2) is 0 Å². The van der Waals surface area contributed by atoms with Crippen LogP contribution in [0.25, 0.3) is 0 Å². The smallest absolute Gasteiger partial charge is 0.208 e. The lowest BCUT2D eigenvalue weighted by atomic mass is 9.86. The molecule has 1 fully saturated rings. The number of hydrogen-bond acceptors (Lipinski definition) is 3. The van der Waals surface area contributed by atoms with Crippen molar-refractivity contribution in [1.82, 2.24) is 14.8 Å². The van der Waals surface area contributed by atoms with Gasteiger partial charge in [-0.25, -0.2) is 4.98 Å². The van der Waals surface area contributed by atoms with Crippen LogP contribution in [0, 0.1) is 5.92 Å². The van der Waals surface area contributed by atoms with E-state index in [9.17, 15) is 0 Å². The lowest BCUT2D eigenvalue weighted by Gasteiger charge is -2.24. The number of thiocarbonyl (C=S) groups is 1. The van der Waals surface area contributed by atoms with E-state index in [-0.39, 0.29) is 4.99 Å². The predicted octanol–water partition coefficient (Wildman–Crippen LogP) is 0.712. The summed E-state index contributed by atoms with van der Waals surface area (Å²) in [4.78, 5) is 4.28. The maximum Gasteiger partial charge on any atom is 0.208 e. The van der Waals surface area contributed by atoms with Crippen molar-refractivity contribution in [3.05, 3.63) is 12.2 Å². The molecule has 0 atom stereocenters. The molecule has 13 heavy (non-hydrogen) atoms. The predicted molar refractivity (Wildman–Crippen MR) is 53.3 cm³/mol. The van der Waals surface area contributed by atoms with E-state index in [0.717, 1.165) is 12.5 Å². The second-order valence-corrected chi connectivity index (χ2v) is 3.89. The van der Waals surface area contributed by atoms with Gasteiger partial charge in [-0.15, -0.1) is 5.10 Å². The molecule has 2 N–H and O–H groups in total. The maximum atomic E-state index is 5.40.